The highest BCUT2D eigenvalue weighted by Crippen LogP contribution is 2.31. The van der Waals surface area contributed by atoms with Crippen molar-refractivity contribution < 1.29 is 14.7 Å². The van der Waals surface area contributed by atoms with E-state index in [1.807, 2.05) is 0 Å². The van der Waals surface area contributed by atoms with Gasteiger partial charge in [0.05, 0.1) is 5.41 Å². The zero-order valence-corrected chi connectivity index (χ0v) is 12.9. The lowest BCUT2D eigenvalue weighted by atomic mass is 9.80. The number of aliphatic carboxylic acids is 1. The number of carboxylic acid groups (broad SMARTS) is 1. The van der Waals surface area contributed by atoms with Gasteiger partial charge in [0.15, 0.2) is 0 Å². The molecule has 2 aliphatic rings. The molecule has 1 aliphatic carbocycles. The van der Waals surface area contributed by atoms with Crippen molar-refractivity contribution in [2.24, 2.45) is 5.41 Å². The highest BCUT2D eigenvalue weighted by Gasteiger charge is 2.37. The second-order valence-electron chi connectivity index (χ2n) is 6.44. The fourth-order valence-electron chi connectivity index (χ4n) is 2.99. The molecule has 0 aromatic carbocycles. The van der Waals surface area contributed by atoms with Crippen molar-refractivity contribution in [1.82, 2.24) is 10.2 Å². The molecule has 2 N–H and O–H groups in total. The lowest BCUT2D eigenvalue weighted by Crippen LogP contribution is -2.48. The molecule has 0 aromatic rings. The summed E-state index contributed by atoms with van der Waals surface area (Å²) < 4.78 is 0. The molecule has 0 unspecified atom stereocenters. The van der Waals surface area contributed by atoms with Crippen LogP contribution in [0, 0.1) is 5.41 Å². The SMILES string of the molecule is CC1(C(=O)O)CCN(C(=O)NCCC2=CCCCC2)CC1. The van der Waals surface area contributed by atoms with Crippen LogP contribution < -0.4 is 5.32 Å². The number of hydrogen-bond acceptors (Lipinski definition) is 2. The monoisotopic (exact) mass is 294 g/mol. The summed E-state index contributed by atoms with van der Waals surface area (Å²) in [7, 11) is 0. The van der Waals surface area contributed by atoms with Gasteiger partial charge in [-0.1, -0.05) is 11.6 Å². The number of carboxylic acids is 1. The molecule has 0 atom stereocenters. The lowest BCUT2D eigenvalue weighted by Gasteiger charge is -2.36. The van der Waals surface area contributed by atoms with Crippen LogP contribution in [0.2, 0.25) is 0 Å². The van der Waals surface area contributed by atoms with E-state index in [0.717, 1.165) is 12.8 Å². The van der Waals surface area contributed by atoms with Crippen LogP contribution in [0.15, 0.2) is 11.6 Å². The number of hydrogen-bond donors (Lipinski definition) is 2. The van der Waals surface area contributed by atoms with E-state index in [1.54, 1.807) is 11.8 Å². The molecule has 0 radical (unpaired) electrons. The van der Waals surface area contributed by atoms with Crippen molar-refractivity contribution in [3.63, 3.8) is 0 Å². The first-order valence-corrected chi connectivity index (χ1v) is 7.95. The van der Waals surface area contributed by atoms with E-state index in [1.165, 1.54) is 24.8 Å². The van der Waals surface area contributed by atoms with E-state index in [0.29, 0.717) is 32.5 Å². The van der Waals surface area contributed by atoms with Gasteiger partial charge in [-0.05, 0) is 51.9 Å². The van der Waals surface area contributed by atoms with Crippen LogP contribution in [-0.2, 0) is 4.79 Å². The second kappa shape index (κ2) is 6.96. The van der Waals surface area contributed by atoms with Crippen LogP contribution in [0.3, 0.4) is 0 Å². The van der Waals surface area contributed by atoms with Gasteiger partial charge in [0.1, 0.15) is 0 Å². The molecule has 5 nitrogen and oxygen atoms in total. The van der Waals surface area contributed by atoms with Crippen LogP contribution in [0.25, 0.3) is 0 Å². The summed E-state index contributed by atoms with van der Waals surface area (Å²) >= 11 is 0. The zero-order chi connectivity index (χ0) is 15.3. The maximum absolute atomic E-state index is 12.1. The molecule has 118 valence electrons. The van der Waals surface area contributed by atoms with Gasteiger partial charge in [0, 0.05) is 19.6 Å². The van der Waals surface area contributed by atoms with Crippen molar-refractivity contribution in [1.29, 1.82) is 0 Å². The summed E-state index contributed by atoms with van der Waals surface area (Å²) in [6.07, 6.45) is 9.18. The molecule has 0 bridgehead atoms. The fraction of sp³-hybridized carbons (Fsp3) is 0.750. The van der Waals surface area contributed by atoms with Crippen LogP contribution in [0.4, 0.5) is 4.79 Å². The van der Waals surface area contributed by atoms with E-state index in [4.69, 9.17) is 0 Å². The number of nitrogens with zero attached hydrogens (tertiary/aromatic N) is 1. The normalized spacial score (nSPS) is 21.6. The Balaban J connectivity index is 1.70. The van der Waals surface area contributed by atoms with Crippen LogP contribution >= 0.6 is 0 Å². The van der Waals surface area contributed by atoms with Crippen molar-refractivity contribution in [2.75, 3.05) is 19.6 Å². The molecule has 1 heterocycles. The minimum Gasteiger partial charge on any atom is -0.481 e. The molecule has 5 heteroatoms. The molecular weight excluding hydrogens is 268 g/mol. The molecule has 1 saturated heterocycles. The molecule has 21 heavy (non-hydrogen) atoms. The molecule has 1 fully saturated rings. The van der Waals surface area contributed by atoms with Gasteiger partial charge in [-0.3, -0.25) is 4.79 Å². The van der Waals surface area contributed by atoms with Gasteiger partial charge in [-0.15, -0.1) is 0 Å². The van der Waals surface area contributed by atoms with Gasteiger partial charge in [-0.25, -0.2) is 4.79 Å². The number of carbonyl (C=O) groups excluding carboxylic acids is 1. The van der Waals surface area contributed by atoms with Gasteiger partial charge in [0.2, 0.25) is 0 Å². The van der Waals surface area contributed by atoms with E-state index < -0.39 is 11.4 Å². The van der Waals surface area contributed by atoms with Gasteiger partial charge in [0.25, 0.3) is 0 Å². The summed E-state index contributed by atoms with van der Waals surface area (Å²) in [6, 6.07) is -0.0566. The van der Waals surface area contributed by atoms with Crippen molar-refractivity contribution in [2.45, 2.75) is 51.9 Å². The first-order chi connectivity index (χ1) is 10.0. The minimum atomic E-state index is -0.758. The van der Waals surface area contributed by atoms with Crippen molar-refractivity contribution in [3.8, 4) is 0 Å². The Labute approximate surface area is 126 Å². The zero-order valence-electron chi connectivity index (χ0n) is 12.9. The van der Waals surface area contributed by atoms with Crippen LogP contribution in [0.5, 0.6) is 0 Å². The molecule has 2 amide bonds. The Kier molecular flexibility index (Phi) is 5.26. The van der Waals surface area contributed by atoms with E-state index in [9.17, 15) is 14.7 Å². The predicted octanol–water partition coefficient (Wildman–Crippen LogP) is 2.77. The lowest BCUT2D eigenvalue weighted by molar-refractivity contribution is -0.150. The maximum Gasteiger partial charge on any atom is 0.317 e. The Morgan fingerprint density at radius 1 is 1.33 bits per heavy atom. The highest BCUT2D eigenvalue weighted by atomic mass is 16.4. The first-order valence-electron chi connectivity index (χ1n) is 7.95. The quantitative estimate of drug-likeness (QED) is 0.783. The molecule has 2 rings (SSSR count). The molecule has 1 aliphatic heterocycles. The average molecular weight is 294 g/mol. The highest BCUT2D eigenvalue weighted by molar-refractivity contribution is 5.76. The Morgan fingerprint density at radius 3 is 2.62 bits per heavy atom. The standard InChI is InChI=1S/C16H26N2O3/c1-16(14(19)20)8-11-18(12-9-16)15(21)17-10-7-13-5-3-2-4-6-13/h5H,2-4,6-12H2,1H3,(H,17,21)(H,19,20). The third kappa shape index (κ3) is 4.22. The van der Waals surface area contributed by atoms with Crippen molar-refractivity contribution in [3.05, 3.63) is 11.6 Å². The van der Waals surface area contributed by atoms with Crippen LogP contribution in [-0.4, -0.2) is 41.6 Å². The maximum atomic E-state index is 12.1. The fourth-order valence-corrected chi connectivity index (χ4v) is 2.99. The Morgan fingerprint density at radius 2 is 2.05 bits per heavy atom. The van der Waals surface area contributed by atoms with Gasteiger partial charge < -0.3 is 15.3 Å². The third-order valence-corrected chi connectivity index (χ3v) is 4.78. The number of piperidine rings is 1. The summed E-state index contributed by atoms with van der Waals surface area (Å²) in [5.41, 5.74) is 0.780. The summed E-state index contributed by atoms with van der Waals surface area (Å²) in [5, 5.41) is 12.1. The van der Waals surface area contributed by atoms with Gasteiger partial charge >= 0.3 is 12.0 Å². The van der Waals surface area contributed by atoms with Gasteiger partial charge in [-0.2, -0.15) is 0 Å². The van der Waals surface area contributed by atoms with E-state index in [-0.39, 0.29) is 6.03 Å². The number of urea groups is 1. The van der Waals surface area contributed by atoms with Crippen LogP contribution in [0.1, 0.15) is 51.9 Å². The molecule has 0 saturated carbocycles. The minimum absolute atomic E-state index is 0.0566. The Hall–Kier alpha value is -1.52. The topological polar surface area (TPSA) is 69.6 Å². The number of rotatable bonds is 4. The molecular formula is C16H26N2O3. The number of carbonyl (C=O) groups is 2. The largest absolute Gasteiger partial charge is 0.481 e. The summed E-state index contributed by atoms with van der Waals surface area (Å²) in [6.45, 7) is 3.49. The third-order valence-electron chi connectivity index (χ3n) is 4.78. The number of amides is 2. The Bertz CT molecular complexity index is 423. The first kappa shape index (κ1) is 15.9. The smallest absolute Gasteiger partial charge is 0.317 e. The second-order valence-corrected chi connectivity index (χ2v) is 6.44. The number of nitrogens with one attached hydrogen (secondary N) is 1. The molecule has 0 aromatic heterocycles. The van der Waals surface area contributed by atoms with E-state index >= 15 is 0 Å². The summed E-state index contributed by atoms with van der Waals surface area (Å²) in [4.78, 5) is 25.0. The summed E-state index contributed by atoms with van der Waals surface area (Å²) in [5.74, 6) is -0.758. The number of likely N-dealkylation sites (tertiary alicyclic amines) is 1. The molecule has 0 spiro atoms. The van der Waals surface area contributed by atoms with E-state index in [2.05, 4.69) is 11.4 Å². The number of allylic oxidation sites excluding steroid dienone is 1. The van der Waals surface area contributed by atoms with Crippen molar-refractivity contribution >= 4 is 12.0 Å². The average Bonchev–Trinajstić information content (AvgIpc) is 2.49. The predicted molar refractivity (Wildman–Crippen MR) is 81.1 cm³/mol.